The van der Waals surface area contributed by atoms with E-state index in [1.807, 2.05) is 0 Å². The molecule has 12 heavy (non-hydrogen) atoms. The topological polar surface area (TPSA) is 59.4 Å². The highest BCUT2D eigenvalue weighted by atomic mass is 35.5. The summed E-state index contributed by atoms with van der Waals surface area (Å²) in [6.45, 7) is 0. The maximum atomic E-state index is 10.9. The molecule has 0 radical (unpaired) electrons. The van der Waals surface area contributed by atoms with E-state index in [2.05, 4.69) is 9.72 Å². The Kier molecular flexibility index (Phi) is 2.50. The van der Waals surface area contributed by atoms with Crippen LogP contribution in [0, 0.1) is 0 Å². The van der Waals surface area contributed by atoms with Gasteiger partial charge >= 0.3 is 5.97 Å². The molecule has 1 N–H and O–H groups in total. The summed E-state index contributed by atoms with van der Waals surface area (Å²) in [6, 6.07) is 1.22. The minimum atomic E-state index is -0.625. The molecule has 0 aliphatic rings. The Hall–Kier alpha value is -1.29. The van der Waals surface area contributed by atoms with Crippen LogP contribution < -0.4 is 0 Å². The summed E-state index contributed by atoms with van der Waals surface area (Å²) >= 11 is 5.58. The van der Waals surface area contributed by atoms with Gasteiger partial charge in [0.05, 0.1) is 18.3 Å². The fraction of sp³-hybridized carbons (Fsp3) is 0.143. The smallest absolute Gasteiger partial charge is 0.358 e. The molecule has 0 saturated heterocycles. The van der Waals surface area contributed by atoms with Gasteiger partial charge in [0.25, 0.3) is 0 Å². The van der Waals surface area contributed by atoms with Crippen molar-refractivity contribution in [3.8, 4) is 5.75 Å². The monoisotopic (exact) mass is 187 g/mol. The van der Waals surface area contributed by atoms with Gasteiger partial charge in [0.1, 0.15) is 5.75 Å². The number of esters is 1. The van der Waals surface area contributed by atoms with Gasteiger partial charge in [-0.15, -0.1) is 0 Å². The largest absolute Gasteiger partial charge is 0.506 e. The number of rotatable bonds is 1. The van der Waals surface area contributed by atoms with Crippen molar-refractivity contribution in [3.63, 3.8) is 0 Å². The zero-order valence-electron chi connectivity index (χ0n) is 6.24. The molecule has 1 aromatic rings. The second kappa shape index (κ2) is 3.40. The Morgan fingerprint density at radius 2 is 2.42 bits per heavy atom. The molecule has 1 rings (SSSR count). The van der Waals surface area contributed by atoms with E-state index in [9.17, 15) is 4.79 Å². The molecule has 0 bridgehead atoms. The van der Waals surface area contributed by atoms with Crippen LogP contribution in [-0.4, -0.2) is 23.2 Å². The zero-order valence-corrected chi connectivity index (χ0v) is 7.00. The highest BCUT2D eigenvalue weighted by molar-refractivity contribution is 6.33. The van der Waals surface area contributed by atoms with Gasteiger partial charge in [0.15, 0.2) is 5.69 Å². The van der Waals surface area contributed by atoms with Crippen molar-refractivity contribution in [2.45, 2.75) is 0 Å². The first kappa shape index (κ1) is 8.80. The zero-order chi connectivity index (χ0) is 9.14. The second-order valence-corrected chi connectivity index (χ2v) is 2.42. The Balaban J connectivity index is 3.09. The molecular weight excluding hydrogens is 182 g/mol. The molecule has 0 atom stereocenters. The van der Waals surface area contributed by atoms with Crippen LogP contribution in [0.5, 0.6) is 5.75 Å². The van der Waals surface area contributed by atoms with E-state index in [0.717, 1.165) is 6.20 Å². The van der Waals surface area contributed by atoms with E-state index >= 15 is 0 Å². The molecule has 0 saturated carbocycles. The third-order valence-electron chi connectivity index (χ3n) is 1.21. The summed E-state index contributed by atoms with van der Waals surface area (Å²) in [5.74, 6) is -0.715. The van der Waals surface area contributed by atoms with Gasteiger partial charge in [0, 0.05) is 6.07 Å². The standard InChI is InChI=1S/C7H6ClNO3/c1-12-7(11)6-5(8)2-4(10)3-9-6/h2-3,10H,1H3. The first-order valence-electron chi connectivity index (χ1n) is 3.08. The Labute approximate surface area is 73.8 Å². The van der Waals surface area contributed by atoms with Gasteiger partial charge < -0.3 is 9.84 Å². The highest BCUT2D eigenvalue weighted by Gasteiger charge is 2.12. The maximum absolute atomic E-state index is 10.9. The van der Waals surface area contributed by atoms with Crippen molar-refractivity contribution < 1.29 is 14.6 Å². The molecule has 0 spiro atoms. The number of ether oxygens (including phenoxy) is 1. The van der Waals surface area contributed by atoms with Crippen LogP contribution in [0.4, 0.5) is 0 Å². The maximum Gasteiger partial charge on any atom is 0.358 e. The summed E-state index contributed by atoms with van der Waals surface area (Å²) in [5, 5.41) is 8.96. The van der Waals surface area contributed by atoms with E-state index in [1.165, 1.54) is 13.2 Å². The fourth-order valence-electron chi connectivity index (χ4n) is 0.675. The van der Waals surface area contributed by atoms with Gasteiger partial charge in [-0.25, -0.2) is 9.78 Å². The fourth-order valence-corrected chi connectivity index (χ4v) is 0.912. The number of nitrogens with zero attached hydrogens (tertiary/aromatic N) is 1. The molecule has 0 unspecified atom stereocenters. The lowest BCUT2D eigenvalue weighted by Gasteiger charge is -2.00. The molecular formula is C7H6ClNO3. The molecule has 0 aliphatic heterocycles. The van der Waals surface area contributed by atoms with Crippen LogP contribution in [0.15, 0.2) is 12.3 Å². The molecule has 0 fully saturated rings. The number of pyridine rings is 1. The predicted molar refractivity (Wildman–Crippen MR) is 42.3 cm³/mol. The molecule has 0 amide bonds. The van der Waals surface area contributed by atoms with Crippen LogP contribution in [0.1, 0.15) is 10.5 Å². The number of hydrogen-bond acceptors (Lipinski definition) is 4. The van der Waals surface area contributed by atoms with E-state index in [0.29, 0.717) is 0 Å². The third kappa shape index (κ3) is 1.65. The summed E-state index contributed by atoms with van der Waals surface area (Å²) in [5.41, 5.74) is -0.00281. The minimum Gasteiger partial charge on any atom is -0.506 e. The van der Waals surface area contributed by atoms with Crippen LogP contribution in [-0.2, 0) is 4.74 Å². The summed E-state index contributed by atoms with van der Waals surface area (Å²) < 4.78 is 4.39. The highest BCUT2D eigenvalue weighted by Crippen LogP contribution is 2.19. The van der Waals surface area contributed by atoms with Crippen LogP contribution in [0.25, 0.3) is 0 Å². The number of aromatic hydroxyl groups is 1. The summed E-state index contributed by atoms with van der Waals surface area (Å²) in [6.07, 6.45) is 1.12. The van der Waals surface area contributed by atoms with Gasteiger partial charge in [-0.1, -0.05) is 11.6 Å². The third-order valence-corrected chi connectivity index (χ3v) is 1.49. The van der Waals surface area contributed by atoms with E-state index < -0.39 is 5.97 Å². The van der Waals surface area contributed by atoms with Gasteiger partial charge in [-0.3, -0.25) is 0 Å². The Morgan fingerprint density at radius 3 is 2.92 bits per heavy atom. The average molecular weight is 188 g/mol. The number of methoxy groups -OCH3 is 1. The Bertz CT molecular complexity index is 314. The van der Waals surface area contributed by atoms with Crippen molar-refractivity contribution in [1.82, 2.24) is 4.98 Å². The molecule has 0 aromatic carbocycles. The number of aromatic nitrogens is 1. The molecule has 4 nitrogen and oxygen atoms in total. The first-order valence-corrected chi connectivity index (χ1v) is 3.45. The number of hydrogen-bond donors (Lipinski definition) is 1. The predicted octanol–water partition coefficient (Wildman–Crippen LogP) is 1.23. The normalized spacial score (nSPS) is 9.50. The van der Waals surface area contributed by atoms with Crippen LogP contribution in [0.2, 0.25) is 5.02 Å². The number of carbonyl (C=O) groups is 1. The van der Waals surface area contributed by atoms with E-state index in [-0.39, 0.29) is 16.5 Å². The van der Waals surface area contributed by atoms with Crippen molar-refractivity contribution in [2.75, 3.05) is 7.11 Å². The van der Waals surface area contributed by atoms with Crippen molar-refractivity contribution in [1.29, 1.82) is 0 Å². The lowest BCUT2D eigenvalue weighted by atomic mass is 10.3. The first-order chi connectivity index (χ1) is 5.65. The molecule has 1 aromatic heterocycles. The average Bonchev–Trinajstić information content (AvgIpc) is 2.03. The summed E-state index contributed by atoms with van der Waals surface area (Å²) in [7, 11) is 1.23. The SMILES string of the molecule is COC(=O)c1ncc(O)cc1Cl. The molecule has 64 valence electrons. The minimum absolute atomic E-state index is 0.00281. The Morgan fingerprint density at radius 1 is 1.75 bits per heavy atom. The molecule has 1 heterocycles. The van der Waals surface area contributed by atoms with E-state index in [4.69, 9.17) is 16.7 Å². The van der Waals surface area contributed by atoms with Crippen molar-refractivity contribution >= 4 is 17.6 Å². The van der Waals surface area contributed by atoms with Crippen molar-refractivity contribution in [2.24, 2.45) is 0 Å². The molecule has 5 heteroatoms. The van der Waals surface area contributed by atoms with Gasteiger partial charge in [-0.05, 0) is 0 Å². The number of carbonyl (C=O) groups excluding carboxylic acids is 1. The quantitative estimate of drug-likeness (QED) is 0.672. The summed E-state index contributed by atoms with van der Waals surface area (Å²) in [4.78, 5) is 14.5. The van der Waals surface area contributed by atoms with Crippen molar-refractivity contribution in [3.05, 3.63) is 23.0 Å². The lowest BCUT2D eigenvalue weighted by molar-refractivity contribution is 0.0594. The van der Waals surface area contributed by atoms with Crippen LogP contribution in [0.3, 0.4) is 0 Å². The van der Waals surface area contributed by atoms with Crippen LogP contribution >= 0.6 is 11.6 Å². The number of halogens is 1. The molecule has 0 aliphatic carbocycles. The van der Waals surface area contributed by atoms with Gasteiger partial charge in [-0.2, -0.15) is 0 Å². The van der Waals surface area contributed by atoms with Gasteiger partial charge in [0.2, 0.25) is 0 Å². The lowest BCUT2D eigenvalue weighted by Crippen LogP contribution is -2.04. The van der Waals surface area contributed by atoms with E-state index in [1.54, 1.807) is 0 Å². The second-order valence-electron chi connectivity index (χ2n) is 2.02.